The highest BCUT2D eigenvalue weighted by molar-refractivity contribution is 6.04. The molecule has 4 saturated carbocycles. The molecule has 0 radical (unpaired) electrons. The van der Waals surface area contributed by atoms with Crippen molar-refractivity contribution in [2.45, 2.75) is 51.5 Å². The van der Waals surface area contributed by atoms with Crippen LogP contribution in [0.5, 0.6) is 0 Å². The summed E-state index contributed by atoms with van der Waals surface area (Å²) in [7, 11) is 0. The number of rotatable bonds is 5. The summed E-state index contributed by atoms with van der Waals surface area (Å²) in [5.41, 5.74) is 1.93. The third kappa shape index (κ3) is 3.98. The van der Waals surface area contributed by atoms with E-state index in [1.165, 1.54) is 43.5 Å². The van der Waals surface area contributed by atoms with E-state index in [4.69, 9.17) is 0 Å². The molecule has 0 heterocycles. The lowest BCUT2D eigenvalue weighted by atomic mass is 9.49. The normalized spacial score (nSPS) is 29.4. The first-order chi connectivity index (χ1) is 14.9. The SMILES string of the molecule is CC(NC(=O)C12CC3CC(CC(C3)C1)C2)c1ccc(NC(=O)c2ccc(F)cc2)cc1. The van der Waals surface area contributed by atoms with Crippen LogP contribution >= 0.6 is 0 Å². The van der Waals surface area contributed by atoms with Crippen molar-refractivity contribution in [2.24, 2.45) is 23.2 Å². The molecule has 2 N–H and O–H groups in total. The van der Waals surface area contributed by atoms with Crippen molar-refractivity contribution in [1.82, 2.24) is 5.32 Å². The van der Waals surface area contributed by atoms with Crippen LogP contribution in [0.1, 0.15) is 67.4 Å². The number of hydrogen-bond acceptors (Lipinski definition) is 2. The highest BCUT2D eigenvalue weighted by atomic mass is 19.1. The zero-order valence-corrected chi connectivity index (χ0v) is 17.9. The highest BCUT2D eigenvalue weighted by Gasteiger charge is 2.54. The Bertz CT molecular complexity index is 948. The fourth-order valence-corrected chi connectivity index (χ4v) is 6.48. The van der Waals surface area contributed by atoms with Gasteiger partial charge in [-0.2, -0.15) is 0 Å². The number of hydrogen-bond donors (Lipinski definition) is 2. The predicted molar refractivity (Wildman–Crippen MR) is 118 cm³/mol. The molecule has 4 aliphatic carbocycles. The Morgan fingerprint density at radius 1 is 0.903 bits per heavy atom. The maximum atomic E-state index is 13.3. The number of carbonyl (C=O) groups excluding carboxylic acids is 2. The van der Waals surface area contributed by atoms with E-state index in [0.717, 1.165) is 42.6 Å². The van der Waals surface area contributed by atoms with Gasteiger partial charge in [-0.05, 0) is 105 Å². The molecule has 4 nitrogen and oxygen atoms in total. The van der Waals surface area contributed by atoms with Gasteiger partial charge in [-0.3, -0.25) is 9.59 Å². The minimum absolute atomic E-state index is 0.0812. The van der Waals surface area contributed by atoms with Crippen molar-refractivity contribution in [1.29, 1.82) is 0 Å². The Morgan fingerprint density at radius 2 is 1.45 bits per heavy atom. The van der Waals surface area contributed by atoms with Gasteiger partial charge in [-0.1, -0.05) is 12.1 Å². The molecule has 2 aromatic carbocycles. The number of nitrogens with one attached hydrogen (secondary N) is 2. The minimum Gasteiger partial charge on any atom is -0.349 e. The summed E-state index contributed by atoms with van der Waals surface area (Å²) < 4.78 is 13.0. The van der Waals surface area contributed by atoms with Gasteiger partial charge in [-0.25, -0.2) is 4.39 Å². The first-order valence-electron chi connectivity index (χ1n) is 11.4. The van der Waals surface area contributed by atoms with Gasteiger partial charge in [0.15, 0.2) is 0 Å². The molecule has 2 amide bonds. The maximum absolute atomic E-state index is 13.3. The van der Waals surface area contributed by atoms with Gasteiger partial charge in [0.25, 0.3) is 5.91 Å². The van der Waals surface area contributed by atoms with Gasteiger partial charge in [0, 0.05) is 16.7 Å². The Hall–Kier alpha value is -2.69. The summed E-state index contributed by atoms with van der Waals surface area (Å²) in [6.07, 6.45) is 7.16. The standard InChI is InChI=1S/C26H29FN2O2/c1-16(28-25(31)26-13-17-10-18(14-26)12-19(11-17)15-26)20-4-8-23(9-5-20)29-24(30)21-2-6-22(27)7-3-21/h2-9,16-19H,10-15H2,1H3,(H,28,31)(H,29,30). The first-order valence-corrected chi connectivity index (χ1v) is 11.4. The molecule has 0 aliphatic heterocycles. The van der Waals surface area contributed by atoms with Crippen LogP contribution in [0.3, 0.4) is 0 Å². The van der Waals surface area contributed by atoms with Crippen LogP contribution in [-0.2, 0) is 4.79 Å². The second kappa shape index (κ2) is 7.77. The quantitative estimate of drug-likeness (QED) is 0.674. The number of halogens is 1. The van der Waals surface area contributed by atoms with Gasteiger partial charge in [0.05, 0.1) is 6.04 Å². The summed E-state index contributed by atoms with van der Waals surface area (Å²) in [4.78, 5) is 25.6. The third-order valence-electron chi connectivity index (χ3n) is 7.64. The molecule has 4 fully saturated rings. The molecule has 4 aliphatic rings. The van der Waals surface area contributed by atoms with E-state index in [2.05, 4.69) is 10.6 Å². The number of amides is 2. The lowest BCUT2D eigenvalue weighted by molar-refractivity contribution is -0.147. The Labute approximate surface area is 182 Å². The summed E-state index contributed by atoms with van der Waals surface area (Å²) in [5.74, 6) is 1.82. The molecular weight excluding hydrogens is 391 g/mol. The van der Waals surface area contributed by atoms with Crippen molar-refractivity contribution in [3.63, 3.8) is 0 Å². The van der Waals surface area contributed by atoms with Gasteiger partial charge in [0.1, 0.15) is 5.82 Å². The highest BCUT2D eigenvalue weighted by Crippen LogP contribution is 2.60. The van der Waals surface area contributed by atoms with Crippen LogP contribution in [0.15, 0.2) is 48.5 Å². The minimum atomic E-state index is -0.370. The van der Waals surface area contributed by atoms with Crippen LogP contribution in [0.2, 0.25) is 0 Å². The lowest BCUT2D eigenvalue weighted by Gasteiger charge is -2.55. The van der Waals surface area contributed by atoms with Gasteiger partial charge >= 0.3 is 0 Å². The fraction of sp³-hybridized carbons (Fsp3) is 0.462. The Morgan fingerprint density at radius 3 is 2.00 bits per heavy atom. The summed E-state index contributed by atoms with van der Waals surface area (Å²) in [6.45, 7) is 2.02. The Kier molecular flexibility index (Phi) is 5.07. The van der Waals surface area contributed by atoms with E-state index >= 15 is 0 Å². The summed E-state index contributed by atoms with van der Waals surface area (Å²) in [6, 6.07) is 12.9. The molecule has 5 heteroatoms. The van der Waals surface area contributed by atoms with Gasteiger partial charge in [-0.15, -0.1) is 0 Å². The van der Waals surface area contributed by atoms with Crippen molar-refractivity contribution < 1.29 is 14.0 Å². The summed E-state index contributed by atoms with van der Waals surface area (Å²) in [5, 5.41) is 6.11. The fourth-order valence-electron chi connectivity index (χ4n) is 6.48. The van der Waals surface area contributed by atoms with Crippen molar-refractivity contribution >= 4 is 17.5 Å². The molecule has 0 spiro atoms. The van der Waals surface area contributed by atoms with Crippen LogP contribution in [0.25, 0.3) is 0 Å². The molecule has 4 bridgehead atoms. The third-order valence-corrected chi connectivity index (χ3v) is 7.64. The van der Waals surface area contributed by atoms with Crippen LogP contribution in [0.4, 0.5) is 10.1 Å². The van der Waals surface area contributed by atoms with Crippen molar-refractivity contribution in [2.75, 3.05) is 5.32 Å². The smallest absolute Gasteiger partial charge is 0.255 e. The van der Waals surface area contributed by atoms with Crippen LogP contribution < -0.4 is 10.6 Å². The van der Waals surface area contributed by atoms with Crippen LogP contribution in [-0.4, -0.2) is 11.8 Å². The van der Waals surface area contributed by atoms with E-state index in [-0.39, 0.29) is 29.1 Å². The first kappa shape index (κ1) is 20.2. The van der Waals surface area contributed by atoms with Crippen molar-refractivity contribution in [3.8, 4) is 0 Å². The van der Waals surface area contributed by atoms with Gasteiger partial charge < -0.3 is 10.6 Å². The van der Waals surface area contributed by atoms with E-state index in [0.29, 0.717) is 11.3 Å². The van der Waals surface area contributed by atoms with E-state index in [9.17, 15) is 14.0 Å². The molecule has 31 heavy (non-hydrogen) atoms. The number of benzene rings is 2. The second-order valence-electron chi connectivity index (χ2n) is 9.98. The molecule has 6 rings (SSSR count). The average molecular weight is 421 g/mol. The summed E-state index contributed by atoms with van der Waals surface area (Å²) >= 11 is 0. The van der Waals surface area contributed by atoms with Crippen molar-refractivity contribution in [3.05, 3.63) is 65.5 Å². The largest absolute Gasteiger partial charge is 0.349 e. The average Bonchev–Trinajstić information content (AvgIpc) is 2.73. The lowest BCUT2D eigenvalue weighted by Crippen LogP contribution is -2.53. The predicted octanol–water partition coefficient (Wildman–Crippen LogP) is 5.47. The number of anilines is 1. The molecule has 0 saturated heterocycles. The van der Waals surface area contributed by atoms with E-state index < -0.39 is 0 Å². The zero-order chi connectivity index (χ0) is 21.6. The molecule has 1 atom stereocenters. The molecule has 2 aromatic rings. The molecule has 1 unspecified atom stereocenters. The topological polar surface area (TPSA) is 58.2 Å². The van der Waals surface area contributed by atoms with E-state index in [1.54, 1.807) is 0 Å². The molecule has 0 aromatic heterocycles. The van der Waals surface area contributed by atoms with Crippen LogP contribution in [0, 0.1) is 29.0 Å². The Balaban J connectivity index is 1.21. The second-order valence-corrected chi connectivity index (χ2v) is 9.98. The monoisotopic (exact) mass is 420 g/mol. The van der Waals surface area contributed by atoms with E-state index in [1.807, 2.05) is 31.2 Å². The number of carbonyl (C=O) groups is 2. The zero-order valence-electron chi connectivity index (χ0n) is 17.9. The molecular formula is C26H29FN2O2. The van der Waals surface area contributed by atoms with Gasteiger partial charge in [0.2, 0.25) is 5.91 Å². The molecule has 162 valence electrons. The maximum Gasteiger partial charge on any atom is 0.255 e.